The second-order valence-electron chi connectivity index (χ2n) is 8.01. The van der Waals surface area contributed by atoms with Gasteiger partial charge < -0.3 is 4.57 Å². The molecule has 1 heterocycles. The van der Waals surface area contributed by atoms with Crippen molar-refractivity contribution < 1.29 is 13.2 Å². The van der Waals surface area contributed by atoms with Crippen LogP contribution in [0.25, 0.3) is 10.2 Å². The van der Waals surface area contributed by atoms with Crippen LogP contribution in [0, 0.1) is 22.7 Å². The minimum absolute atomic E-state index is 0.000869. The Morgan fingerprint density at radius 3 is 2.34 bits per heavy atom. The highest BCUT2D eigenvalue weighted by atomic mass is 32.2. The molecular formula is C25H27N5O3S2. The van der Waals surface area contributed by atoms with Crippen LogP contribution < -0.4 is 4.80 Å². The Balaban J connectivity index is 1.86. The average Bonchev–Trinajstić information content (AvgIpc) is 3.16. The predicted octanol–water partition coefficient (Wildman–Crippen LogP) is 4.14. The molecule has 0 unspecified atom stereocenters. The molecule has 1 amide bonds. The fourth-order valence-corrected chi connectivity index (χ4v) is 6.11. The van der Waals surface area contributed by atoms with Gasteiger partial charge in [-0.05, 0) is 54.8 Å². The Labute approximate surface area is 209 Å². The number of nitriles is 2. The highest BCUT2D eigenvalue weighted by Gasteiger charge is 2.24. The smallest absolute Gasteiger partial charge is 0.279 e. The first-order chi connectivity index (χ1) is 16.8. The largest absolute Gasteiger partial charge is 0.319 e. The molecule has 0 N–H and O–H groups in total. The molecule has 0 aliphatic carbocycles. The van der Waals surface area contributed by atoms with Crippen LogP contribution in [0.5, 0.6) is 0 Å². The third-order valence-corrected chi connectivity index (χ3v) is 8.58. The molecule has 0 saturated heterocycles. The van der Waals surface area contributed by atoms with Crippen molar-refractivity contribution in [3.63, 3.8) is 0 Å². The van der Waals surface area contributed by atoms with Crippen LogP contribution in [0.15, 0.2) is 52.4 Å². The first kappa shape index (κ1) is 26.3. The van der Waals surface area contributed by atoms with Gasteiger partial charge in [0, 0.05) is 38.5 Å². The van der Waals surface area contributed by atoms with Crippen LogP contribution in [-0.4, -0.2) is 36.3 Å². The lowest BCUT2D eigenvalue weighted by molar-refractivity contribution is 0.0998. The monoisotopic (exact) mass is 509 g/mol. The molecule has 8 nitrogen and oxygen atoms in total. The van der Waals surface area contributed by atoms with E-state index in [4.69, 9.17) is 10.5 Å². The van der Waals surface area contributed by atoms with Gasteiger partial charge in [0.25, 0.3) is 5.91 Å². The summed E-state index contributed by atoms with van der Waals surface area (Å²) in [6.07, 6.45) is 3.31. The topological polar surface area (TPSA) is 119 Å². The quantitative estimate of drug-likeness (QED) is 0.407. The standard InChI is InChI=1S/C25H27N5O3S2/c1-3-4-7-19-8-13-22-23(18-19)34-25(29(22)2)28-24(31)20-9-11-21(12-10-20)35(32,33)30(16-5-14-26)17-6-15-27/h8-13,18H,3-7,16-17H2,1-2H3. The summed E-state index contributed by atoms with van der Waals surface area (Å²) in [6, 6.07) is 15.7. The highest BCUT2D eigenvalue weighted by molar-refractivity contribution is 7.89. The van der Waals surface area contributed by atoms with Gasteiger partial charge in [-0.3, -0.25) is 4.79 Å². The lowest BCUT2D eigenvalue weighted by Gasteiger charge is -2.20. The molecule has 2 aromatic carbocycles. The highest BCUT2D eigenvalue weighted by Crippen LogP contribution is 2.21. The number of benzene rings is 2. The Morgan fingerprint density at radius 2 is 1.74 bits per heavy atom. The number of thiazole rings is 1. The fraction of sp³-hybridized carbons (Fsp3) is 0.360. The van der Waals surface area contributed by atoms with Crippen LogP contribution >= 0.6 is 11.3 Å². The third kappa shape index (κ3) is 6.23. The summed E-state index contributed by atoms with van der Waals surface area (Å²) in [4.78, 5) is 17.7. The number of hydrogen-bond donors (Lipinski definition) is 0. The Kier molecular flexibility index (Phi) is 8.94. The maximum absolute atomic E-state index is 13.0. The number of carbonyl (C=O) groups is 1. The molecule has 10 heteroatoms. The van der Waals surface area contributed by atoms with Gasteiger partial charge in [-0.25, -0.2) is 8.42 Å². The van der Waals surface area contributed by atoms with Gasteiger partial charge in [0.1, 0.15) is 0 Å². The molecule has 1 aromatic heterocycles. The lowest BCUT2D eigenvalue weighted by Crippen LogP contribution is -2.32. The number of carbonyl (C=O) groups excluding carboxylic acids is 1. The van der Waals surface area contributed by atoms with Gasteiger partial charge in [-0.1, -0.05) is 30.7 Å². The number of sulfonamides is 1. The summed E-state index contributed by atoms with van der Waals surface area (Å²) in [5.41, 5.74) is 2.53. The number of aryl methyl sites for hydroxylation is 2. The van der Waals surface area contributed by atoms with Crippen molar-refractivity contribution in [2.24, 2.45) is 12.0 Å². The van der Waals surface area contributed by atoms with Crippen LogP contribution in [0.2, 0.25) is 0 Å². The Bertz CT molecular complexity index is 1440. The SMILES string of the molecule is CCCCc1ccc2c(c1)sc(=NC(=O)c1ccc(S(=O)(=O)N(CCC#N)CCC#N)cc1)n2C. The number of hydrogen-bond acceptors (Lipinski definition) is 6. The normalized spacial score (nSPS) is 12.1. The van der Waals surface area contributed by atoms with E-state index in [-0.39, 0.29) is 36.4 Å². The predicted molar refractivity (Wildman–Crippen MR) is 135 cm³/mol. The van der Waals surface area contributed by atoms with Gasteiger partial charge >= 0.3 is 0 Å². The third-order valence-electron chi connectivity index (χ3n) is 5.58. The first-order valence-corrected chi connectivity index (χ1v) is 13.6. The van der Waals surface area contributed by atoms with Crippen molar-refractivity contribution >= 4 is 37.5 Å². The molecule has 35 heavy (non-hydrogen) atoms. The second-order valence-corrected chi connectivity index (χ2v) is 11.0. The van der Waals surface area contributed by atoms with Crippen LogP contribution in [0.1, 0.15) is 48.5 Å². The van der Waals surface area contributed by atoms with Gasteiger partial charge in [0.05, 0.1) is 27.3 Å². The number of unbranched alkanes of at least 4 members (excludes halogenated alkanes) is 1. The van der Waals surface area contributed by atoms with E-state index in [1.165, 1.54) is 41.2 Å². The summed E-state index contributed by atoms with van der Waals surface area (Å²) < 4.78 is 30.0. The maximum atomic E-state index is 13.0. The van der Waals surface area contributed by atoms with E-state index in [1.54, 1.807) is 0 Å². The van der Waals surface area contributed by atoms with E-state index < -0.39 is 15.9 Å². The molecular weight excluding hydrogens is 482 g/mol. The number of aromatic nitrogens is 1. The van der Waals surface area contributed by atoms with E-state index in [9.17, 15) is 13.2 Å². The summed E-state index contributed by atoms with van der Waals surface area (Å²) in [5, 5.41) is 17.6. The van der Waals surface area contributed by atoms with Crippen molar-refractivity contribution in [3.05, 3.63) is 58.4 Å². The molecule has 3 aromatic rings. The molecule has 0 saturated carbocycles. The van der Waals surface area contributed by atoms with Gasteiger partial charge in [0.2, 0.25) is 10.0 Å². The Morgan fingerprint density at radius 1 is 1.09 bits per heavy atom. The number of nitrogens with zero attached hydrogens (tertiary/aromatic N) is 5. The second kappa shape index (κ2) is 11.9. The number of amides is 1. The molecule has 0 fully saturated rings. The summed E-state index contributed by atoms with van der Waals surface area (Å²) in [5.74, 6) is -0.465. The van der Waals surface area contributed by atoms with Crippen molar-refractivity contribution in [1.29, 1.82) is 10.5 Å². The molecule has 0 aliphatic heterocycles. The Hall–Kier alpha value is -3.31. The maximum Gasteiger partial charge on any atom is 0.279 e. The van der Waals surface area contributed by atoms with E-state index in [2.05, 4.69) is 24.0 Å². The first-order valence-electron chi connectivity index (χ1n) is 11.3. The molecule has 3 rings (SSSR count). The molecule has 0 spiro atoms. The minimum atomic E-state index is -3.89. The molecule has 0 atom stereocenters. The van der Waals surface area contributed by atoms with Crippen LogP contribution in [0.4, 0.5) is 0 Å². The summed E-state index contributed by atoms with van der Waals surface area (Å²) in [7, 11) is -2.03. The zero-order valence-electron chi connectivity index (χ0n) is 19.8. The van der Waals surface area contributed by atoms with E-state index in [0.29, 0.717) is 4.80 Å². The number of fused-ring (bicyclic) bond motifs is 1. The van der Waals surface area contributed by atoms with Gasteiger partial charge in [-0.15, -0.1) is 0 Å². The average molecular weight is 510 g/mol. The molecule has 182 valence electrons. The van der Waals surface area contributed by atoms with Crippen molar-refractivity contribution in [2.75, 3.05) is 13.1 Å². The zero-order chi connectivity index (χ0) is 25.4. The summed E-state index contributed by atoms with van der Waals surface area (Å²) >= 11 is 1.44. The van der Waals surface area contributed by atoms with E-state index >= 15 is 0 Å². The molecule has 0 aliphatic rings. The van der Waals surface area contributed by atoms with Crippen LogP contribution in [-0.2, 0) is 23.5 Å². The van der Waals surface area contributed by atoms with Crippen molar-refractivity contribution in [1.82, 2.24) is 8.87 Å². The summed E-state index contributed by atoms with van der Waals surface area (Å²) in [6.45, 7) is 2.16. The zero-order valence-corrected chi connectivity index (χ0v) is 21.4. The van der Waals surface area contributed by atoms with Gasteiger partial charge in [-0.2, -0.15) is 19.8 Å². The molecule has 0 radical (unpaired) electrons. The van der Waals surface area contributed by atoms with E-state index in [0.717, 1.165) is 33.8 Å². The van der Waals surface area contributed by atoms with E-state index in [1.807, 2.05) is 29.8 Å². The van der Waals surface area contributed by atoms with Crippen molar-refractivity contribution in [2.45, 2.75) is 43.9 Å². The van der Waals surface area contributed by atoms with Gasteiger partial charge in [0.15, 0.2) is 4.80 Å². The lowest BCUT2D eigenvalue weighted by atomic mass is 10.1. The van der Waals surface area contributed by atoms with Crippen LogP contribution in [0.3, 0.4) is 0 Å². The fourth-order valence-electron chi connectivity index (χ4n) is 3.59. The van der Waals surface area contributed by atoms with Crippen molar-refractivity contribution in [3.8, 4) is 12.1 Å². The minimum Gasteiger partial charge on any atom is -0.319 e. The molecule has 0 bridgehead atoms. The number of rotatable bonds is 10.